The molecule has 1 aliphatic heterocycles. The molecule has 2 amide bonds. The van der Waals surface area contributed by atoms with Crippen LogP contribution < -0.4 is 9.64 Å². The van der Waals surface area contributed by atoms with Gasteiger partial charge in [-0.1, -0.05) is 32.4 Å². The number of piperazine rings is 1. The number of carbonyl (C=O) groups excluding carboxylic acids is 2. The Hall–Kier alpha value is -3.16. The van der Waals surface area contributed by atoms with E-state index in [9.17, 15) is 9.59 Å². The Kier molecular flexibility index (Phi) is 7.65. The fraction of sp³-hybridized carbons (Fsp3) is 0.538. The van der Waals surface area contributed by atoms with Gasteiger partial charge in [0.15, 0.2) is 5.82 Å². The van der Waals surface area contributed by atoms with E-state index < -0.39 is 0 Å². The number of amides is 2. The molecule has 1 saturated carbocycles. The van der Waals surface area contributed by atoms with Gasteiger partial charge >= 0.3 is 0 Å². The summed E-state index contributed by atoms with van der Waals surface area (Å²) < 4.78 is 5.29. The number of anilines is 1. The van der Waals surface area contributed by atoms with Gasteiger partial charge in [0, 0.05) is 44.2 Å². The fourth-order valence-electron chi connectivity index (χ4n) is 4.47. The topological polar surface area (TPSA) is 78.9 Å². The van der Waals surface area contributed by atoms with Crippen LogP contribution in [0, 0.1) is 11.8 Å². The molecule has 2 fully saturated rings. The fourth-order valence-corrected chi connectivity index (χ4v) is 4.47. The zero-order chi connectivity index (χ0) is 24.1. The van der Waals surface area contributed by atoms with Crippen molar-refractivity contribution in [3.05, 3.63) is 36.4 Å². The maximum absolute atomic E-state index is 13.0. The van der Waals surface area contributed by atoms with Crippen molar-refractivity contribution < 1.29 is 14.3 Å². The summed E-state index contributed by atoms with van der Waals surface area (Å²) in [5.41, 5.74) is 1.74. The normalized spacial score (nSPS) is 16.4. The number of hydrogen-bond donors (Lipinski definition) is 0. The van der Waals surface area contributed by atoms with Gasteiger partial charge in [-0.2, -0.15) is 0 Å². The van der Waals surface area contributed by atoms with Gasteiger partial charge < -0.3 is 19.4 Å². The van der Waals surface area contributed by atoms with Gasteiger partial charge in [0.1, 0.15) is 5.75 Å². The van der Waals surface area contributed by atoms with Crippen LogP contribution in [0.25, 0.3) is 11.3 Å². The molecule has 8 heteroatoms. The second kappa shape index (κ2) is 10.8. The molecular weight excluding hydrogens is 430 g/mol. The van der Waals surface area contributed by atoms with Crippen molar-refractivity contribution in [3.63, 3.8) is 0 Å². The van der Waals surface area contributed by atoms with Gasteiger partial charge in [0.25, 0.3) is 0 Å². The van der Waals surface area contributed by atoms with E-state index >= 15 is 0 Å². The van der Waals surface area contributed by atoms with Crippen LogP contribution in [0.1, 0.15) is 33.1 Å². The minimum Gasteiger partial charge on any atom is -0.497 e. The molecule has 182 valence electrons. The highest BCUT2D eigenvalue weighted by atomic mass is 16.5. The lowest BCUT2D eigenvalue weighted by atomic mass is 9.84. The lowest BCUT2D eigenvalue weighted by molar-refractivity contribution is -0.145. The molecule has 8 nitrogen and oxygen atoms in total. The van der Waals surface area contributed by atoms with Gasteiger partial charge in [-0.3, -0.25) is 9.59 Å². The van der Waals surface area contributed by atoms with Crippen molar-refractivity contribution in [2.75, 3.05) is 51.3 Å². The first-order valence-electron chi connectivity index (χ1n) is 12.2. The highest BCUT2D eigenvalue weighted by molar-refractivity contribution is 5.86. The Morgan fingerprint density at radius 2 is 1.85 bits per heavy atom. The third-order valence-corrected chi connectivity index (χ3v) is 6.65. The molecule has 1 saturated heterocycles. The van der Waals surface area contributed by atoms with Crippen LogP contribution in [0.4, 0.5) is 5.82 Å². The number of hydrogen-bond acceptors (Lipinski definition) is 6. The molecule has 2 aromatic rings. The summed E-state index contributed by atoms with van der Waals surface area (Å²) in [6.07, 6.45) is 3.03. The lowest BCUT2D eigenvalue weighted by Crippen LogP contribution is -2.53. The average molecular weight is 466 g/mol. The van der Waals surface area contributed by atoms with Crippen molar-refractivity contribution >= 4 is 17.6 Å². The monoisotopic (exact) mass is 465 g/mol. The van der Waals surface area contributed by atoms with Crippen LogP contribution in [0.5, 0.6) is 5.75 Å². The van der Waals surface area contributed by atoms with Crippen LogP contribution in [0.15, 0.2) is 36.4 Å². The Balaban J connectivity index is 1.32. The van der Waals surface area contributed by atoms with Gasteiger partial charge in [-0.25, -0.2) is 0 Å². The minimum absolute atomic E-state index is 0.0347. The Labute approximate surface area is 201 Å². The van der Waals surface area contributed by atoms with E-state index in [2.05, 4.69) is 28.9 Å². The summed E-state index contributed by atoms with van der Waals surface area (Å²) in [7, 11) is 1.65. The van der Waals surface area contributed by atoms with E-state index in [1.807, 2.05) is 41.3 Å². The first-order chi connectivity index (χ1) is 16.4. The SMILES string of the molecule is COc1cccc(-c2ccc(N3CCN(C(=O)CN(CC(C)C)C(=O)C4CCC4)CC3)nn2)c1. The summed E-state index contributed by atoms with van der Waals surface area (Å²) in [5.74, 6) is 2.23. The molecule has 1 aliphatic carbocycles. The molecule has 2 aliphatic rings. The zero-order valence-electron chi connectivity index (χ0n) is 20.4. The summed E-state index contributed by atoms with van der Waals surface area (Å²) in [6.45, 7) is 7.62. The molecule has 34 heavy (non-hydrogen) atoms. The molecule has 0 unspecified atom stereocenters. The van der Waals surface area contributed by atoms with Gasteiger partial charge in [-0.15, -0.1) is 10.2 Å². The predicted molar refractivity (Wildman–Crippen MR) is 132 cm³/mol. The molecule has 0 spiro atoms. The minimum atomic E-state index is 0.0347. The van der Waals surface area contributed by atoms with E-state index in [-0.39, 0.29) is 24.3 Å². The average Bonchev–Trinajstić information content (AvgIpc) is 2.82. The third-order valence-electron chi connectivity index (χ3n) is 6.65. The number of nitrogens with zero attached hydrogens (tertiary/aromatic N) is 5. The summed E-state index contributed by atoms with van der Waals surface area (Å²) >= 11 is 0. The molecule has 1 aromatic heterocycles. The number of methoxy groups -OCH3 is 1. The van der Waals surface area contributed by atoms with E-state index in [1.165, 1.54) is 0 Å². The smallest absolute Gasteiger partial charge is 0.242 e. The van der Waals surface area contributed by atoms with Crippen LogP contribution in [-0.2, 0) is 9.59 Å². The predicted octanol–water partition coefficient (Wildman–Crippen LogP) is 3.09. The van der Waals surface area contributed by atoms with E-state index in [0.717, 1.165) is 42.1 Å². The highest BCUT2D eigenvalue weighted by Gasteiger charge is 2.32. The van der Waals surface area contributed by atoms with Crippen LogP contribution in [0.2, 0.25) is 0 Å². The third kappa shape index (κ3) is 5.66. The number of benzene rings is 1. The second-order valence-corrected chi connectivity index (χ2v) is 9.62. The zero-order valence-corrected chi connectivity index (χ0v) is 20.4. The van der Waals surface area contributed by atoms with Crippen LogP contribution in [-0.4, -0.2) is 78.2 Å². The number of aromatic nitrogens is 2. The van der Waals surface area contributed by atoms with Crippen molar-refractivity contribution in [3.8, 4) is 17.0 Å². The van der Waals surface area contributed by atoms with Crippen molar-refractivity contribution in [1.82, 2.24) is 20.0 Å². The van der Waals surface area contributed by atoms with E-state index in [0.29, 0.717) is 38.6 Å². The Morgan fingerprint density at radius 3 is 2.44 bits per heavy atom. The second-order valence-electron chi connectivity index (χ2n) is 9.62. The van der Waals surface area contributed by atoms with Crippen molar-refractivity contribution in [2.45, 2.75) is 33.1 Å². The quantitative estimate of drug-likeness (QED) is 0.596. The Bertz CT molecular complexity index is 982. The van der Waals surface area contributed by atoms with Crippen LogP contribution >= 0.6 is 0 Å². The molecule has 0 atom stereocenters. The molecule has 0 bridgehead atoms. The largest absolute Gasteiger partial charge is 0.497 e. The van der Waals surface area contributed by atoms with Crippen molar-refractivity contribution in [2.24, 2.45) is 11.8 Å². The van der Waals surface area contributed by atoms with E-state index in [1.54, 1.807) is 12.0 Å². The number of rotatable bonds is 8. The van der Waals surface area contributed by atoms with Crippen molar-refractivity contribution in [1.29, 1.82) is 0 Å². The first-order valence-corrected chi connectivity index (χ1v) is 12.2. The number of ether oxygens (including phenoxy) is 1. The highest BCUT2D eigenvalue weighted by Crippen LogP contribution is 2.28. The molecule has 4 rings (SSSR count). The van der Waals surface area contributed by atoms with Gasteiger partial charge in [0.05, 0.1) is 19.3 Å². The summed E-state index contributed by atoms with van der Waals surface area (Å²) in [4.78, 5) is 31.6. The molecule has 0 N–H and O–H groups in total. The van der Waals surface area contributed by atoms with Crippen LogP contribution in [0.3, 0.4) is 0 Å². The summed E-state index contributed by atoms with van der Waals surface area (Å²) in [5, 5.41) is 8.82. The first kappa shape index (κ1) is 24.0. The standard InChI is InChI=1S/C26H35N5O3/c1-19(2)17-31(26(33)20-6-4-7-20)18-25(32)30-14-12-29(13-15-30)24-11-10-23(27-28-24)21-8-5-9-22(16-21)34-3/h5,8-11,16,19-20H,4,6-7,12-15,17-18H2,1-3H3. The maximum Gasteiger partial charge on any atom is 0.242 e. The number of carbonyl (C=O) groups is 2. The molecule has 1 aromatic carbocycles. The van der Waals surface area contributed by atoms with Gasteiger partial charge in [-0.05, 0) is 43.0 Å². The summed E-state index contributed by atoms with van der Waals surface area (Å²) in [6, 6.07) is 11.7. The lowest BCUT2D eigenvalue weighted by Gasteiger charge is -2.37. The van der Waals surface area contributed by atoms with Gasteiger partial charge in [0.2, 0.25) is 11.8 Å². The molecular formula is C26H35N5O3. The molecule has 2 heterocycles. The maximum atomic E-state index is 13.0. The molecule has 0 radical (unpaired) electrons. The van der Waals surface area contributed by atoms with E-state index in [4.69, 9.17) is 4.74 Å². The Morgan fingerprint density at radius 1 is 1.09 bits per heavy atom.